The van der Waals surface area contributed by atoms with Crippen LogP contribution >= 0.6 is 0 Å². The van der Waals surface area contributed by atoms with Gasteiger partial charge in [0.2, 0.25) is 0 Å². The number of aromatic nitrogens is 3. The van der Waals surface area contributed by atoms with Crippen LogP contribution in [0.2, 0.25) is 0 Å². The Bertz CT molecular complexity index is 831. The summed E-state index contributed by atoms with van der Waals surface area (Å²) in [6.07, 6.45) is 0. The molecule has 0 aliphatic heterocycles. The summed E-state index contributed by atoms with van der Waals surface area (Å²) in [5.74, 6) is 1.32. The number of fused-ring (bicyclic) bond motifs is 1. The fourth-order valence-corrected chi connectivity index (χ4v) is 2.19. The van der Waals surface area contributed by atoms with E-state index < -0.39 is 0 Å². The highest BCUT2D eigenvalue weighted by Gasteiger charge is 2.15. The average molecular weight is 271 g/mol. The van der Waals surface area contributed by atoms with Gasteiger partial charge in [0.05, 0.1) is 23.9 Å². The van der Waals surface area contributed by atoms with Gasteiger partial charge in [0, 0.05) is 0 Å². The molecule has 0 bridgehead atoms. The average Bonchev–Trinajstić information content (AvgIpc) is 2.86. The van der Waals surface area contributed by atoms with Gasteiger partial charge in [-0.2, -0.15) is 9.78 Å². The molecule has 1 aromatic carbocycles. The van der Waals surface area contributed by atoms with E-state index in [0.717, 1.165) is 5.75 Å². The number of hydrogen-bond acceptors (Lipinski definition) is 5. The second-order valence-corrected chi connectivity index (χ2v) is 4.46. The summed E-state index contributed by atoms with van der Waals surface area (Å²) >= 11 is 0. The van der Waals surface area contributed by atoms with E-state index in [1.807, 2.05) is 6.92 Å². The Morgan fingerprint density at radius 3 is 2.55 bits per heavy atom. The predicted octanol–water partition coefficient (Wildman–Crippen LogP) is 2.00. The van der Waals surface area contributed by atoms with Crippen molar-refractivity contribution in [2.45, 2.75) is 13.8 Å². The van der Waals surface area contributed by atoms with Gasteiger partial charge in [-0.1, -0.05) is 5.16 Å². The van der Waals surface area contributed by atoms with E-state index in [1.165, 1.54) is 4.68 Å². The largest absolute Gasteiger partial charge is 0.497 e. The standard InChI is InChI=1S/C14H13N3O3/c1-8-12-9(2)20-16-13(12)14(18)17(15-8)10-4-6-11(19-3)7-5-10/h4-7H,1-3H3. The molecule has 0 spiro atoms. The smallest absolute Gasteiger partial charge is 0.301 e. The van der Waals surface area contributed by atoms with Crippen LogP contribution in [0.15, 0.2) is 33.6 Å². The van der Waals surface area contributed by atoms with Gasteiger partial charge in [0.25, 0.3) is 0 Å². The van der Waals surface area contributed by atoms with Gasteiger partial charge in [-0.15, -0.1) is 0 Å². The highest BCUT2D eigenvalue weighted by Crippen LogP contribution is 2.18. The van der Waals surface area contributed by atoms with Crippen LogP contribution in [-0.4, -0.2) is 22.0 Å². The van der Waals surface area contributed by atoms with Gasteiger partial charge in [0.15, 0.2) is 5.52 Å². The molecule has 0 saturated carbocycles. The SMILES string of the molecule is COc1ccc(-n2nc(C)c3c(C)onc3c2=O)cc1. The van der Waals surface area contributed by atoms with Gasteiger partial charge < -0.3 is 9.26 Å². The zero-order chi connectivity index (χ0) is 14.3. The van der Waals surface area contributed by atoms with Crippen LogP contribution in [0.4, 0.5) is 0 Å². The van der Waals surface area contributed by atoms with Crippen molar-refractivity contribution in [2.75, 3.05) is 7.11 Å². The Labute approximate surface area is 114 Å². The molecule has 6 heteroatoms. The van der Waals surface area contributed by atoms with Crippen LogP contribution in [0.1, 0.15) is 11.5 Å². The van der Waals surface area contributed by atoms with Gasteiger partial charge >= 0.3 is 5.56 Å². The Morgan fingerprint density at radius 2 is 1.90 bits per heavy atom. The highest BCUT2D eigenvalue weighted by atomic mass is 16.5. The predicted molar refractivity (Wildman–Crippen MR) is 73.4 cm³/mol. The molecule has 20 heavy (non-hydrogen) atoms. The van der Waals surface area contributed by atoms with Crippen molar-refractivity contribution in [2.24, 2.45) is 0 Å². The molecular formula is C14H13N3O3. The van der Waals surface area contributed by atoms with Crippen LogP contribution in [0, 0.1) is 13.8 Å². The molecule has 102 valence electrons. The summed E-state index contributed by atoms with van der Waals surface area (Å²) in [6, 6.07) is 7.09. The van der Waals surface area contributed by atoms with Crippen molar-refractivity contribution in [1.29, 1.82) is 0 Å². The van der Waals surface area contributed by atoms with Crippen LogP contribution in [-0.2, 0) is 0 Å². The molecule has 0 radical (unpaired) electrons. The Hall–Kier alpha value is -2.63. The maximum Gasteiger partial charge on any atom is 0.301 e. The lowest BCUT2D eigenvalue weighted by atomic mass is 10.2. The summed E-state index contributed by atoms with van der Waals surface area (Å²) < 4.78 is 11.5. The van der Waals surface area contributed by atoms with Crippen molar-refractivity contribution in [1.82, 2.24) is 14.9 Å². The first-order valence-corrected chi connectivity index (χ1v) is 6.12. The monoisotopic (exact) mass is 271 g/mol. The van der Waals surface area contributed by atoms with E-state index in [1.54, 1.807) is 38.3 Å². The van der Waals surface area contributed by atoms with Crippen LogP contribution in [0.5, 0.6) is 5.75 Å². The van der Waals surface area contributed by atoms with Crippen molar-refractivity contribution in [3.05, 3.63) is 46.1 Å². The molecule has 0 amide bonds. The summed E-state index contributed by atoms with van der Waals surface area (Å²) in [5.41, 5.74) is 1.36. The molecule has 0 atom stereocenters. The minimum absolute atomic E-state index is 0.297. The lowest BCUT2D eigenvalue weighted by molar-refractivity contribution is 0.405. The van der Waals surface area contributed by atoms with E-state index in [4.69, 9.17) is 9.26 Å². The summed E-state index contributed by atoms with van der Waals surface area (Å²) in [6.45, 7) is 3.59. The van der Waals surface area contributed by atoms with E-state index in [9.17, 15) is 4.79 Å². The first kappa shape index (κ1) is 12.4. The van der Waals surface area contributed by atoms with Crippen molar-refractivity contribution in [3.8, 4) is 11.4 Å². The van der Waals surface area contributed by atoms with E-state index >= 15 is 0 Å². The molecule has 0 saturated heterocycles. The van der Waals surface area contributed by atoms with Crippen molar-refractivity contribution >= 4 is 10.9 Å². The molecule has 2 aromatic heterocycles. The first-order valence-electron chi connectivity index (χ1n) is 6.12. The van der Waals surface area contributed by atoms with E-state index in [0.29, 0.717) is 28.0 Å². The molecule has 3 aromatic rings. The third kappa shape index (κ3) is 1.77. The zero-order valence-corrected chi connectivity index (χ0v) is 11.4. The maximum absolute atomic E-state index is 12.4. The molecule has 2 heterocycles. The molecule has 0 aliphatic carbocycles. The minimum atomic E-state index is -0.299. The lowest BCUT2D eigenvalue weighted by Gasteiger charge is -2.06. The van der Waals surface area contributed by atoms with E-state index in [2.05, 4.69) is 10.3 Å². The molecule has 0 unspecified atom stereocenters. The molecule has 6 nitrogen and oxygen atoms in total. The Kier molecular flexibility index (Phi) is 2.78. The molecule has 0 N–H and O–H groups in total. The van der Waals surface area contributed by atoms with Gasteiger partial charge in [-0.05, 0) is 38.1 Å². The van der Waals surface area contributed by atoms with Crippen LogP contribution in [0.3, 0.4) is 0 Å². The fourth-order valence-electron chi connectivity index (χ4n) is 2.19. The van der Waals surface area contributed by atoms with Gasteiger partial charge in [-0.25, -0.2) is 0 Å². The van der Waals surface area contributed by atoms with Crippen LogP contribution in [0.25, 0.3) is 16.6 Å². The second-order valence-electron chi connectivity index (χ2n) is 4.46. The number of nitrogens with zero attached hydrogens (tertiary/aromatic N) is 3. The second kappa shape index (κ2) is 4.48. The first-order chi connectivity index (χ1) is 9.61. The van der Waals surface area contributed by atoms with Gasteiger partial charge in [-0.3, -0.25) is 4.79 Å². The Morgan fingerprint density at radius 1 is 1.20 bits per heavy atom. The number of rotatable bonds is 2. The number of benzene rings is 1. The lowest BCUT2D eigenvalue weighted by Crippen LogP contribution is -2.22. The van der Waals surface area contributed by atoms with E-state index in [-0.39, 0.29) is 5.56 Å². The number of hydrogen-bond donors (Lipinski definition) is 0. The third-order valence-corrected chi connectivity index (χ3v) is 3.19. The molecule has 3 rings (SSSR count). The zero-order valence-electron chi connectivity index (χ0n) is 11.4. The minimum Gasteiger partial charge on any atom is -0.497 e. The highest BCUT2D eigenvalue weighted by molar-refractivity contribution is 5.81. The number of methoxy groups -OCH3 is 1. The van der Waals surface area contributed by atoms with Crippen LogP contribution < -0.4 is 10.3 Å². The van der Waals surface area contributed by atoms with Crippen molar-refractivity contribution in [3.63, 3.8) is 0 Å². The summed E-state index contributed by atoms with van der Waals surface area (Å²) in [5, 5.41) is 8.83. The third-order valence-electron chi connectivity index (χ3n) is 3.19. The topological polar surface area (TPSA) is 70.2 Å². The molecule has 0 fully saturated rings. The molecule has 0 aliphatic rings. The quantitative estimate of drug-likeness (QED) is 0.713. The van der Waals surface area contributed by atoms with Gasteiger partial charge in [0.1, 0.15) is 11.5 Å². The fraction of sp³-hybridized carbons (Fsp3) is 0.214. The van der Waals surface area contributed by atoms with Crippen molar-refractivity contribution < 1.29 is 9.26 Å². The normalized spacial score (nSPS) is 10.9. The summed E-state index contributed by atoms with van der Waals surface area (Å²) in [7, 11) is 1.59. The number of ether oxygens (including phenoxy) is 1. The maximum atomic E-state index is 12.4. The molecular weight excluding hydrogens is 258 g/mol. The number of aryl methyl sites for hydroxylation is 2. The Balaban J connectivity index is 2.26. The summed E-state index contributed by atoms with van der Waals surface area (Å²) in [4.78, 5) is 12.4.